The monoisotopic (exact) mass is 333 g/mol. The third kappa shape index (κ3) is 4.18. The molecule has 2 atom stereocenters. The Balaban J connectivity index is 1.69. The Hall–Kier alpha value is -2.81. The van der Waals surface area contributed by atoms with Crippen molar-refractivity contribution in [2.45, 2.75) is 32.4 Å². The van der Waals surface area contributed by atoms with Gasteiger partial charge < -0.3 is 10.1 Å². The van der Waals surface area contributed by atoms with Crippen molar-refractivity contribution in [1.29, 1.82) is 0 Å². The minimum absolute atomic E-state index is 0.0528. The third-order valence-corrected chi connectivity index (χ3v) is 4.32. The van der Waals surface area contributed by atoms with Crippen LogP contribution in [-0.2, 0) is 4.79 Å². The Morgan fingerprint density at radius 2 is 1.64 bits per heavy atom. The number of rotatable bonds is 6. The Kier molecular flexibility index (Phi) is 5.34. The van der Waals surface area contributed by atoms with Crippen molar-refractivity contribution in [3.05, 3.63) is 78.4 Å². The second kappa shape index (κ2) is 7.84. The third-order valence-electron chi connectivity index (χ3n) is 4.32. The first-order chi connectivity index (χ1) is 12.2. The van der Waals surface area contributed by atoms with Crippen molar-refractivity contribution in [3.8, 4) is 5.75 Å². The molecule has 0 aliphatic carbocycles. The molecule has 0 saturated carbocycles. The fourth-order valence-electron chi connectivity index (χ4n) is 2.86. The smallest absolute Gasteiger partial charge is 0.261 e. The van der Waals surface area contributed by atoms with Gasteiger partial charge in [-0.2, -0.15) is 0 Å². The molecule has 0 aliphatic heterocycles. The molecule has 0 aromatic heterocycles. The normalized spacial score (nSPS) is 13.2. The summed E-state index contributed by atoms with van der Waals surface area (Å²) in [7, 11) is 0. The second-order valence-corrected chi connectivity index (χ2v) is 6.16. The lowest BCUT2D eigenvalue weighted by atomic mass is 10.1. The number of carbonyl (C=O) groups excluding carboxylic acids is 1. The highest BCUT2D eigenvalue weighted by atomic mass is 16.5. The van der Waals surface area contributed by atoms with Gasteiger partial charge >= 0.3 is 0 Å². The number of carbonyl (C=O) groups is 1. The highest BCUT2D eigenvalue weighted by Gasteiger charge is 2.20. The molecule has 0 aliphatic rings. The Morgan fingerprint density at radius 1 is 0.960 bits per heavy atom. The fourth-order valence-corrected chi connectivity index (χ4v) is 2.86. The summed E-state index contributed by atoms with van der Waals surface area (Å²) in [6.07, 6.45) is 0.104. The van der Waals surface area contributed by atoms with Crippen LogP contribution in [0.1, 0.15) is 31.9 Å². The molecule has 3 heteroatoms. The van der Waals surface area contributed by atoms with Crippen molar-refractivity contribution < 1.29 is 9.53 Å². The van der Waals surface area contributed by atoms with E-state index in [0.29, 0.717) is 12.2 Å². The fraction of sp³-hybridized carbons (Fsp3) is 0.227. The number of hydrogen-bond acceptors (Lipinski definition) is 2. The van der Waals surface area contributed by atoms with Crippen LogP contribution in [0.4, 0.5) is 0 Å². The van der Waals surface area contributed by atoms with Crippen LogP contribution in [0, 0.1) is 0 Å². The van der Waals surface area contributed by atoms with Crippen LogP contribution in [0.3, 0.4) is 0 Å². The largest absolute Gasteiger partial charge is 0.481 e. The maximum atomic E-state index is 12.6. The van der Waals surface area contributed by atoms with Gasteiger partial charge in [-0.15, -0.1) is 0 Å². The molecule has 128 valence electrons. The Bertz CT molecular complexity index is 845. The highest BCUT2D eigenvalue weighted by Crippen LogP contribution is 2.22. The highest BCUT2D eigenvalue weighted by molar-refractivity contribution is 5.84. The number of ether oxygens (including phenoxy) is 1. The average Bonchev–Trinajstić information content (AvgIpc) is 2.66. The standard InChI is InChI=1S/C22H23NO2/c1-3-21(22(24)23-16(2)17-9-5-4-6-10-17)25-20-14-13-18-11-7-8-12-19(18)15-20/h4-16,21H,3H2,1-2H3,(H,23,24)/t16-,21+/m1/s1. The van der Waals surface area contributed by atoms with E-state index < -0.39 is 6.10 Å². The van der Waals surface area contributed by atoms with Gasteiger partial charge in [0, 0.05) is 0 Å². The first kappa shape index (κ1) is 17.0. The summed E-state index contributed by atoms with van der Waals surface area (Å²) >= 11 is 0. The summed E-state index contributed by atoms with van der Waals surface area (Å²) < 4.78 is 5.96. The van der Waals surface area contributed by atoms with E-state index in [0.717, 1.165) is 16.3 Å². The van der Waals surface area contributed by atoms with Crippen LogP contribution in [0.5, 0.6) is 5.75 Å². The molecule has 0 heterocycles. The van der Waals surface area contributed by atoms with E-state index in [2.05, 4.69) is 11.4 Å². The van der Waals surface area contributed by atoms with E-state index in [4.69, 9.17) is 4.74 Å². The van der Waals surface area contributed by atoms with Crippen molar-refractivity contribution in [2.75, 3.05) is 0 Å². The second-order valence-electron chi connectivity index (χ2n) is 6.16. The minimum atomic E-state index is -0.507. The minimum Gasteiger partial charge on any atom is -0.481 e. The summed E-state index contributed by atoms with van der Waals surface area (Å²) in [5.41, 5.74) is 1.08. The van der Waals surface area contributed by atoms with Crippen LogP contribution >= 0.6 is 0 Å². The molecular formula is C22H23NO2. The molecule has 1 N–H and O–H groups in total. The molecule has 3 rings (SSSR count). The van der Waals surface area contributed by atoms with Crippen LogP contribution in [-0.4, -0.2) is 12.0 Å². The first-order valence-corrected chi connectivity index (χ1v) is 8.68. The average molecular weight is 333 g/mol. The Morgan fingerprint density at radius 3 is 2.36 bits per heavy atom. The van der Waals surface area contributed by atoms with E-state index in [-0.39, 0.29) is 11.9 Å². The summed E-state index contributed by atoms with van der Waals surface area (Å²) in [5.74, 6) is 0.625. The van der Waals surface area contributed by atoms with Gasteiger partial charge in [0.1, 0.15) is 5.75 Å². The molecule has 3 nitrogen and oxygen atoms in total. The van der Waals surface area contributed by atoms with Crippen molar-refractivity contribution in [1.82, 2.24) is 5.32 Å². The van der Waals surface area contributed by atoms with E-state index in [9.17, 15) is 4.79 Å². The number of fused-ring (bicyclic) bond motifs is 1. The molecule has 0 radical (unpaired) electrons. The van der Waals surface area contributed by atoms with Gasteiger partial charge in [0.25, 0.3) is 5.91 Å². The van der Waals surface area contributed by atoms with E-state index >= 15 is 0 Å². The van der Waals surface area contributed by atoms with Gasteiger partial charge in [-0.25, -0.2) is 0 Å². The SMILES string of the molecule is CC[C@H](Oc1ccc2ccccc2c1)C(=O)N[C@H](C)c1ccccc1. The molecule has 3 aromatic carbocycles. The molecule has 0 fully saturated rings. The molecule has 0 spiro atoms. The van der Waals surface area contributed by atoms with Gasteiger partial charge in [-0.05, 0) is 41.8 Å². The summed E-state index contributed by atoms with van der Waals surface area (Å²) in [4.78, 5) is 12.6. The van der Waals surface area contributed by atoms with Crippen LogP contribution in [0.15, 0.2) is 72.8 Å². The zero-order valence-corrected chi connectivity index (χ0v) is 14.6. The predicted octanol–water partition coefficient (Wildman–Crippen LogP) is 4.87. The molecule has 3 aromatic rings. The molecule has 25 heavy (non-hydrogen) atoms. The number of hydrogen-bond donors (Lipinski definition) is 1. The van der Waals surface area contributed by atoms with Gasteiger partial charge in [0.15, 0.2) is 6.10 Å². The molecule has 0 bridgehead atoms. The van der Waals surface area contributed by atoms with Crippen molar-refractivity contribution in [3.63, 3.8) is 0 Å². The quantitative estimate of drug-likeness (QED) is 0.698. The number of nitrogens with one attached hydrogen (secondary N) is 1. The first-order valence-electron chi connectivity index (χ1n) is 8.68. The molecule has 1 amide bonds. The molecular weight excluding hydrogens is 310 g/mol. The number of amides is 1. The van der Waals surface area contributed by atoms with Gasteiger partial charge in [-0.1, -0.05) is 67.6 Å². The van der Waals surface area contributed by atoms with Crippen molar-refractivity contribution >= 4 is 16.7 Å². The number of benzene rings is 3. The zero-order chi connectivity index (χ0) is 17.6. The van der Waals surface area contributed by atoms with Gasteiger partial charge in [0.2, 0.25) is 0 Å². The van der Waals surface area contributed by atoms with Gasteiger partial charge in [0.05, 0.1) is 6.04 Å². The topological polar surface area (TPSA) is 38.3 Å². The molecule has 0 unspecified atom stereocenters. The molecule has 0 saturated heterocycles. The van der Waals surface area contributed by atoms with Crippen LogP contribution in [0.25, 0.3) is 10.8 Å². The summed E-state index contributed by atoms with van der Waals surface area (Å²) in [5, 5.41) is 5.30. The summed E-state index contributed by atoms with van der Waals surface area (Å²) in [6, 6.07) is 23.9. The Labute approximate surface area is 148 Å². The van der Waals surface area contributed by atoms with E-state index in [1.54, 1.807) is 0 Å². The maximum absolute atomic E-state index is 12.6. The van der Waals surface area contributed by atoms with E-state index in [1.807, 2.05) is 80.6 Å². The lowest BCUT2D eigenvalue weighted by molar-refractivity contribution is -0.128. The van der Waals surface area contributed by atoms with Crippen LogP contribution in [0.2, 0.25) is 0 Å². The zero-order valence-electron chi connectivity index (χ0n) is 14.6. The summed E-state index contributed by atoms with van der Waals surface area (Å²) in [6.45, 7) is 3.94. The van der Waals surface area contributed by atoms with Gasteiger partial charge in [-0.3, -0.25) is 4.79 Å². The predicted molar refractivity (Wildman–Crippen MR) is 102 cm³/mol. The van der Waals surface area contributed by atoms with Crippen molar-refractivity contribution in [2.24, 2.45) is 0 Å². The lowest BCUT2D eigenvalue weighted by Gasteiger charge is -2.21. The van der Waals surface area contributed by atoms with Crippen LogP contribution < -0.4 is 10.1 Å². The maximum Gasteiger partial charge on any atom is 0.261 e. The lowest BCUT2D eigenvalue weighted by Crippen LogP contribution is -2.39. The van der Waals surface area contributed by atoms with E-state index in [1.165, 1.54) is 0 Å².